The van der Waals surface area contributed by atoms with Crippen molar-refractivity contribution in [3.8, 4) is 11.8 Å². The fourth-order valence-electron chi connectivity index (χ4n) is 0.826. The summed E-state index contributed by atoms with van der Waals surface area (Å²) in [6.45, 7) is 2.00. The maximum atomic E-state index is 5.49. The average molecular weight is 183 g/mol. The number of halogens is 1. The van der Waals surface area contributed by atoms with Gasteiger partial charge in [0.1, 0.15) is 0 Å². The van der Waals surface area contributed by atoms with E-state index < -0.39 is 0 Å². The molecule has 0 amide bonds. The van der Waals surface area contributed by atoms with Crippen LogP contribution in [0.3, 0.4) is 0 Å². The van der Waals surface area contributed by atoms with E-state index in [4.69, 9.17) is 11.6 Å². The summed E-state index contributed by atoms with van der Waals surface area (Å²) in [4.78, 5) is 0. The first-order valence-electron chi connectivity index (χ1n) is 3.79. The van der Waals surface area contributed by atoms with Gasteiger partial charge < -0.3 is 0 Å². The van der Waals surface area contributed by atoms with Crippen LogP contribution in [0.15, 0.2) is 6.20 Å². The highest BCUT2D eigenvalue weighted by Gasteiger charge is 1.97. The standard InChI is InChI=1S/C9H11ClN2/c1-8-9(5-3-4-6-10)7-11-12(8)2/h7H,4,6H2,1-2H3. The van der Waals surface area contributed by atoms with Crippen molar-refractivity contribution in [2.75, 3.05) is 5.88 Å². The first-order chi connectivity index (χ1) is 5.75. The molecule has 0 atom stereocenters. The molecule has 1 heterocycles. The third kappa shape index (κ3) is 2.02. The number of hydrogen-bond donors (Lipinski definition) is 0. The number of hydrogen-bond acceptors (Lipinski definition) is 1. The van der Waals surface area contributed by atoms with E-state index >= 15 is 0 Å². The maximum Gasteiger partial charge on any atom is 0.0654 e. The lowest BCUT2D eigenvalue weighted by atomic mass is 10.2. The molecular formula is C9H11ClN2. The lowest BCUT2D eigenvalue weighted by Crippen LogP contribution is -1.92. The van der Waals surface area contributed by atoms with Gasteiger partial charge in [0, 0.05) is 19.3 Å². The highest BCUT2D eigenvalue weighted by atomic mass is 35.5. The number of aryl methyl sites for hydroxylation is 1. The molecule has 0 unspecified atom stereocenters. The van der Waals surface area contributed by atoms with Crippen LogP contribution in [-0.2, 0) is 7.05 Å². The minimum absolute atomic E-state index is 0.590. The molecule has 0 spiro atoms. The van der Waals surface area contributed by atoms with Crippen LogP contribution in [0, 0.1) is 18.8 Å². The van der Waals surface area contributed by atoms with E-state index in [0.717, 1.165) is 17.7 Å². The molecule has 0 aromatic carbocycles. The third-order valence-electron chi connectivity index (χ3n) is 1.68. The lowest BCUT2D eigenvalue weighted by molar-refractivity contribution is 0.740. The van der Waals surface area contributed by atoms with Gasteiger partial charge in [0.25, 0.3) is 0 Å². The number of alkyl halides is 1. The van der Waals surface area contributed by atoms with Crippen molar-refractivity contribution >= 4 is 11.6 Å². The van der Waals surface area contributed by atoms with E-state index in [-0.39, 0.29) is 0 Å². The average Bonchev–Trinajstić information content (AvgIpc) is 2.36. The second-order valence-corrected chi connectivity index (χ2v) is 2.89. The van der Waals surface area contributed by atoms with E-state index in [2.05, 4.69) is 16.9 Å². The fourth-order valence-corrected chi connectivity index (χ4v) is 0.921. The number of nitrogens with zero attached hydrogens (tertiary/aromatic N) is 2. The van der Waals surface area contributed by atoms with Gasteiger partial charge in [-0.15, -0.1) is 11.6 Å². The minimum Gasteiger partial charge on any atom is -0.272 e. The van der Waals surface area contributed by atoms with Crippen molar-refractivity contribution in [1.29, 1.82) is 0 Å². The molecule has 2 nitrogen and oxygen atoms in total. The van der Waals surface area contributed by atoms with Crippen LogP contribution in [0.2, 0.25) is 0 Å². The molecule has 0 aliphatic rings. The topological polar surface area (TPSA) is 17.8 Å². The zero-order valence-electron chi connectivity index (χ0n) is 7.26. The minimum atomic E-state index is 0.590. The van der Waals surface area contributed by atoms with Gasteiger partial charge in [-0.2, -0.15) is 5.10 Å². The largest absolute Gasteiger partial charge is 0.272 e. The monoisotopic (exact) mass is 182 g/mol. The summed E-state index contributed by atoms with van der Waals surface area (Å²) >= 11 is 5.49. The van der Waals surface area contributed by atoms with Gasteiger partial charge in [-0.1, -0.05) is 11.8 Å². The summed E-state index contributed by atoms with van der Waals surface area (Å²) in [5, 5.41) is 4.08. The molecule has 1 rings (SSSR count). The van der Waals surface area contributed by atoms with E-state index in [1.54, 1.807) is 6.20 Å². The molecular weight excluding hydrogens is 172 g/mol. The molecule has 0 aliphatic heterocycles. The Morgan fingerprint density at radius 2 is 2.42 bits per heavy atom. The number of aromatic nitrogens is 2. The van der Waals surface area contributed by atoms with Crippen molar-refractivity contribution in [2.45, 2.75) is 13.3 Å². The summed E-state index contributed by atoms with van der Waals surface area (Å²) in [6, 6.07) is 0. The zero-order valence-corrected chi connectivity index (χ0v) is 8.02. The van der Waals surface area contributed by atoms with Crippen molar-refractivity contribution in [2.24, 2.45) is 7.05 Å². The van der Waals surface area contributed by atoms with Gasteiger partial charge in [-0.05, 0) is 6.92 Å². The predicted molar refractivity (Wildman–Crippen MR) is 50.2 cm³/mol. The molecule has 0 aliphatic carbocycles. The smallest absolute Gasteiger partial charge is 0.0654 e. The van der Waals surface area contributed by atoms with E-state index in [0.29, 0.717) is 5.88 Å². The number of rotatable bonds is 1. The maximum absolute atomic E-state index is 5.49. The predicted octanol–water partition coefficient (Wildman–Crippen LogP) is 1.71. The Bertz CT molecular complexity index is 317. The molecule has 0 saturated heterocycles. The Morgan fingerprint density at radius 3 is 2.92 bits per heavy atom. The van der Waals surface area contributed by atoms with Crippen molar-refractivity contribution in [3.05, 3.63) is 17.5 Å². The summed E-state index contributed by atoms with van der Waals surface area (Å²) in [7, 11) is 1.90. The quantitative estimate of drug-likeness (QED) is 0.478. The van der Waals surface area contributed by atoms with Gasteiger partial charge in [0.15, 0.2) is 0 Å². The van der Waals surface area contributed by atoms with E-state index in [9.17, 15) is 0 Å². The van der Waals surface area contributed by atoms with E-state index in [1.807, 2.05) is 18.7 Å². The molecule has 12 heavy (non-hydrogen) atoms. The second kappa shape index (κ2) is 4.18. The molecule has 0 fully saturated rings. The molecule has 0 radical (unpaired) electrons. The van der Waals surface area contributed by atoms with Gasteiger partial charge in [0.2, 0.25) is 0 Å². The molecule has 0 N–H and O–H groups in total. The highest BCUT2D eigenvalue weighted by Crippen LogP contribution is 2.02. The van der Waals surface area contributed by atoms with Crippen LogP contribution in [0.1, 0.15) is 17.7 Å². The van der Waals surface area contributed by atoms with Gasteiger partial charge in [0.05, 0.1) is 17.5 Å². The summed E-state index contributed by atoms with van der Waals surface area (Å²) in [6.07, 6.45) is 2.51. The molecule has 64 valence electrons. The van der Waals surface area contributed by atoms with Gasteiger partial charge >= 0.3 is 0 Å². The molecule has 1 aromatic rings. The van der Waals surface area contributed by atoms with Crippen LogP contribution >= 0.6 is 11.6 Å². The van der Waals surface area contributed by atoms with Crippen LogP contribution < -0.4 is 0 Å². The zero-order chi connectivity index (χ0) is 8.97. The Balaban J connectivity index is 2.78. The fraction of sp³-hybridized carbons (Fsp3) is 0.444. The van der Waals surface area contributed by atoms with Crippen LogP contribution in [0.25, 0.3) is 0 Å². The van der Waals surface area contributed by atoms with Crippen molar-refractivity contribution in [3.63, 3.8) is 0 Å². The summed E-state index contributed by atoms with van der Waals surface area (Å²) in [5.74, 6) is 6.58. The van der Waals surface area contributed by atoms with Gasteiger partial charge in [-0.25, -0.2) is 0 Å². The second-order valence-electron chi connectivity index (χ2n) is 2.51. The van der Waals surface area contributed by atoms with Crippen LogP contribution in [0.5, 0.6) is 0 Å². The first-order valence-corrected chi connectivity index (χ1v) is 4.32. The molecule has 0 bridgehead atoms. The highest BCUT2D eigenvalue weighted by molar-refractivity contribution is 6.18. The molecule has 0 saturated carbocycles. The summed E-state index contributed by atoms with van der Waals surface area (Å²) in [5.41, 5.74) is 2.08. The van der Waals surface area contributed by atoms with Crippen LogP contribution in [0.4, 0.5) is 0 Å². The first kappa shape index (κ1) is 9.15. The Morgan fingerprint density at radius 1 is 1.67 bits per heavy atom. The van der Waals surface area contributed by atoms with E-state index in [1.165, 1.54) is 0 Å². The lowest BCUT2D eigenvalue weighted by Gasteiger charge is -1.91. The van der Waals surface area contributed by atoms with Crippen molar-refractivity contribution < 1.29 is 0 Å². The SMILES string of the molecule is Cc1c(C#CCCCl)cnn1C. The van der Waals surface area contributed by atoms with Gasteiger partial charge in [-0.3, -0.25) is 4.68 Å². The van der Waals surface area contributed by atoms with Crippen LogP contribution in [-0.4, -0.2) is 15.7 Å². The molecule has 3 heteroatoms. The normalized spacial score (nSPS) is 9.25. The third-order valence-corrected chi connectivity index (χ3v) is 1.87. The Labute approximate surface area is 77.5 Å². The Kier molecular flexibility index (Phi) is 3.19. The molecule has 1 aromatic heterocycles. The Hall–Kier alpha value is -0.940. The summed E-state index contributed by atoms with van der Waals surface area (Å²) < 4.78 is 1.81. The van der Waals surface area contributed by atoms with Crippen molar-refractivity contribution in [1.82, 2.24) is 9.78 Å².